The highest BCUT2D eigenvalue weighted by atomic mass is 16.5. The predicted molar refractivity (Wildman–Crippen MR) is 71.6 cm³/mol. The zero-order valence-electron chi connectivity index (χ0n) is 11.9. The van der Waals surface area contributed by atoms with E-state index in [1.807, 2.05) is 0 Å². The number of carbonyl (C=O) groups is 3. The molecule has 1 saturated carbocycles. The van der Waals surface area contributed by atoms with Gasteiger partial charge in [0.05, 0.1) is 29.8 Å². The number of ether oxygens (including phenoxy) is 1. The van der Waals surface area contributed by atoms with Gasteiger partial charge in [-0.25, -0.2) is 4.79 Å². The van der Waals surface area contributed by atoms with Gasteiger partial charge in [0.15, 0.2) is 0 Å². The van der Waals surface area contributed by atoms with E-state index in [0.29, 0.717) is 25.7 Å². The van der Waals surface area contributed by atoms with Crippen LogP contribution in [0.1, 0.15) is 39.0 Å². The third-order valence-electron chi connectivity index (χ3n) is 4.02. The molecule has 0 aromatic rings. The molecule has 0 saturated heterocycles. The first-order valence-electron chi connectivity index (χ1n) is 6.79. The summed E-state index contributed by atoms with van der Waals surface area (Å²) in [6, 6.07) is 0. The van der Waals surface area contributed by atoms with Gasteiger partial charge in [0.1, 0.15) is 0 Å². The molecule has 1 fully saturated rings. The average molecular weight is 300 g/mol. The summed E-state index contributed by atoms with van der Waals surface area (Å²) >= 11 is 0. The third kappa shape index (κ3) is 3.96. The summed E-state index contributed by atoms with van der Waals surface area (Å²) in [4.78, 5) is 33.5. The zero-order chi connectivity index (χ0) is 16.0. The van der Waals surface area contributed by atoms with Crippen LogP contribution >= 0.6 is 0 Å². The standard InChI is InChI=1S/C14H20O7/c1-9(11(15)16)8-21-7-6-14(13(19)20)5-3-2-4-10(14)12(17)18/h8,10H,2-7H2,1H3,(H,15,16)(H,17,18)(H,19,20). The van der Waals surface area contributed by atoms with Crippen LogP contribution in [0.2, 0.25) is 0 Å². The maximum Gasteiger partial charge on any atom is 0.334 e. The number of rotatable bonds is 7. The number of aliphatic carboxylic acids is 3. The molecule has 7 heteroatoms. The Balaban J connectivity index is 2.77. The van der Waals surface area contributed by atoms with Crippen LogP contribution in [0.15, 0.2) is 11.8 Å². The van der Waals surface area contributed by atoms with Gasteiger partial charge in [-0.3, -0.25) is 9.59 Å². The lowest BCUT2D eigenvalue weighted by molar-refractivity contribution is -0.167. The molecule has 7 nitrogen and oxygen atoms in total. The molecule has 2 unspecified atom stereocenters. The Morgan fingerprint density at radius 1 is 1.24 bits per heavy atom. The van der Waals surface area contributed by atoms with Gasteiger partial charge in [-0.1, -0.05) is 12.8 Å². The van der Waals surface area contributed by atoms with Crippen molar-refractivity contribution in [3.8, 4) is 0 Å². The minimum atomic E-state index is -1.34. The van der Waals surface area contributed by atoms with Gasteiger partial charge in [0.2, 0.25) is 0 Å². The molecule has 0 spiro atoms. The van der Waals surface area contributed by atoms with E-state index in [0.717, 1.165) is 6.26 Å². The van der Waals surface area contributed by atoms with E-state index < -0.39 is 29.2 Å². The quantitative estimate of drug-likeness (QED) is 0.372. The molecular formula is C14H20O7. The minimum Gasteiger partial charge on any atom is -0.501 e. The fraction of sp³-hybridized carbons (Fsp3) is 0.643. The van der Waals surface area contributed by atoms with Crippen molar-refractivity contribution in [3.63, 3.8) is 0 Å². The maximum atomic E-state index is 11.6. The van der Waals surface area contributed by atoms with E-state index in [1.165, 1.54) is 6.92 Å². The van der Waals surface area contributed by atoms with E-state index in [1.54, 1.807) is 0 Å². The minimum absolute atomic E-state index is 0.00203. The van der Waals surface area contributed by atoms with Crippen molar-refractivity contribution in [1.29, 1.82) is 0 Å². The molecule has 0 heterocycles. The molecule has 21 heavy (non-hydrogen) atoms. The molecule has 0 amide bonds. The van der Waals surface area contributed by atoms with Crippen molar-refractivity contribution in [2.75, 3.05) is 6.61 Å². The van der Waals surface area contributed by atoms with Crippen LogP contribution in [0.3, 0.4) is 0 Å². The van der Waals surface area contributed by atoms with Gasteiger partial charge in [-0.15, -0.1) is 0 Å². The monoisotopic (exact) mass is 300 g/mol. The Bertz CT molecular complexity index is 454. The molecule has 0 radical (unpaired) electrons. The van der Waals surface area contributed by atoms with Crippen molar-refractivity contribution in [3.05, 3.63) is 11.8 Å². The summed E-state index contributed by atoms with van der Waals surface area (Å²) in [7, 11) is 0. The van der Waals surface area contributed by atoms with Crippen molar-refractivity contribution >= 4 is 17.9 Å². The molecule has 0 aliphatic heterocycles. The van der Waals surface area contributed by atoms with Gasteiger partial charge in [0.25, 0.3) is 0 Å². The van der Waals surface area contributed by atoms with Crippen molar-refractivity contribution < 1.29 is 34.4 Å². The molecule has 118 valence electrons. The SMILES string of the molecule is CC(=COCCC1(C(=O)O)CCCCC1C(=O)O)C(=O)O. The Morgan fingerprint density at radius 2 is 1.90 bits per heavy atom. The predicted octanol–water partition coefficient (Wildman–Crippen LogP) is 1.73. The molecule has 1 aliphatic carbocycles. The molecule has 0 aromatic heterocycles. The smallest absolute Gasteiger partial charge is 0.334 e. The van der Waals surface area contributed by atoms with Crippen molar-refractivity contribution in [1.82, 2.24) is 0 Å². The lowest BCUT2D eigenvalue weighted by Crippen LogP contribution is -2.45. The number of carboxylic acids is 3. The zero-order valence-corrected chi connectivity index (χ0v) is 11.9. The number of carboxylic acid groups (broad SMARTS) is 3. The molecule has 1 rings (SSSR count). The summed E-state index contributed by atoms with van der Waals surface area (Å²) in [5, 5.41) is 27.4. The highest BCUT2D eigenvalue weighted by molar-refractivity contribution is 5.85. The van der Waals surface area contributed by atoms with Gasteiger partial charge in [0, 0.05) is 0 Å². The Hall–Kier alpha value is -2.05. The van der Waals surface area contributed by atoms with Crippen LogP contribution in [0.5, 0.6) is 0 Å². The first-order chi connectivity index (χ1) is 9.81. The topological polar surface area (TPSA) is 121 Å². The van der Waals surface area contributed by atoms with E-state index in [-0.39, 0.29) is 18.6 Å². The second kappa shape index (κ2) is 7.10. The van der Waals surface area contributed by atoms with Gasteiger partial charge in [-0.05, 0) is 26.2 Å². The van der Waals surface area contributed by atoms with Crippen LogP contribution in [0.25, 0.3) is 0 Å². The van der Waals surface area contributed by atoms with Crippen molar-refractivity contribution in [2.24, 2.45) is 11.3 Å². The fourth-order valence-electron chi connectivity index (χ4n) is 2.74. The van der Waals surface area contributed by atoms with Gasteiger partial charge >= 0.3 is 17.9 Å². The first kappa shape index (κ1) is 17.0. The molecule has 1 aliphatic rings. The summed E-state index contributed by atoms with van der Waals surface area (Å²) < 4.78 is 5.06. The highest BCUT2D eigenvalue weighted by Crippen LogP contribution is 2.44. The fourth-order valence-corrected chi connectivity index (χ4v) is 2.74. The van der Waals surface area contributed by atoms with E-state index in [4.69, 9.17) is 9.84 Å². The number of hydrogen-bond donors (Lipinski definition) is 3. The van der Waals surface area contributed by atoms with Crippen LogP contribution in [0.4, 0.5) is 0 Å². The normalized spacial score (nSPS) is 26.1. The summed E-state index contributed by atoms with van der Waals surface area (Å²) in [6.45, 7) is 1.33. The Labute approximate surface area is 122 Å². The van der Waals surface area contributed by atoms with E-state index >= 15 is 0 Å². The lowest BCUT2D eigenvalue weighted by atomic mass is 9.64. The lowest BCUT2D eigenvalue weighted by Gasteiger charge is -2.38. The van der Waals surface area contributed by atoms with E-state index in [2.05, 4.69) is 0 Å². The maximum absolute atomic E-state index is 11.6. The van der Waals surface area contributed by atoms with E-state index in [9.17, 15) is 24.6 Å². The summed E-state index contributed by atoms with van der Waals surface area (Å²) in [6.07, 6.45) is 3.10. The third-order valence-corrected chi connectivity index (χ3v) is 4.02. The first-order valence-corrected chi connectivity index (χ1v) is 6.79. The van der Waals surface area contributed by atoms with Gasteiger partial charge in [-0.2, -0.15) is 0 Å². The summed E-state index contributed by atoms with van der Waals surface area (Å²) in [5.41, 5.74) is -1.34. The second-order valence-electron chi connectivity index (χ2n) is 5.32. The Morgan fingerprint density at radius 3 is 2.43 bits per heavy atom. The highest BCUT2D eigenvalue weighted by Gasteiger charge is 2.50. The molecular weight excluding hydrogens is 280 g/mol. The molecule has 0 aromatic carbocycles. The van der Waals surface area contributed by atoms with Crippen LogP contribution in [-0.4, -0.2) is 39.8 Å². The van der Waals surface area contributed by atoms with Gasteiger partial charge < -0.3 is 20.1 Å². The Kier molecular flexibility index (Phi) is 5.75. The summed E-state index contributed by atoms with van der Waals surface area (Å²) in [5.74, 6) is -4.28. The van der Waals surface area contributed by atoms with Crippen LogP contribution < -0.4 is 0 Å². The largest absolute Gasteiger partial charge is 0.501 e. The van der Waals surface area contributed by atoms with Crippen LogP contribution in [-0.2, 0) is 19.1 Å². The number of hydrogen-bond acceptors (Lipinski definition) is 4. The average Bonchev–Trinajstić information content (AvgIpc) is 2.43. The molecule has 2 atom stereocenters. The van der Waals surface area contributed by atoms with Crippen molar-refractivity contribution in [2.45, 2.75) is 39.0 Å². The van der Waals surface area contributed by atoms with Crippen LogP contribution in [0, 0.1) is 11.3 Å². The molecule has 3 N–H and O–H groups in total. The molecule has 0 bridgehead atoms. The second-order valence-corrected chi connectivity index (χ2v) is 5.32.